The number of nitrogens with zero attached hydrogens (tertiary/aromatic N) is 1. The van der Waals surface area contributed by atoms with Crippen molar-refractivity contribution in [2.24, 2.45) is 0 Å². The molecule has 2 aromatic rings. The van der Waals surface area contributed by atoms with E-state index in [0.29, 0.717) is 5.56 Å². The van der Waals surface area contributed by atoms with Crippen molar-refractivity contribution in [2.75, 3.05) is 0 Å². The number of carbonyl (C=O) groups is 1. The second-order valence-electron chi connectivity index (χ2n) is 4.80. The summed E-state index contributed by atoms with van der Waals surface area (Å²) in [5.74, 6) is -0.224. The summed E-state index contributed by atoms with van der Waals surface area (Å²) in [5.41, 5.74) is 2.33. The second-order valence-corrected chi connectivity index (χ2v) is 4.80. The fourth-order valence-electron chi connectivity index (χ4n) is 2.46. The average molecular weight is 244 g/mol. The van der Waals surface area contributed by atoms with Crippen LogP contribution in [-0.2, 0) is 4.74 Å². The zero-order chi connectivity index (χ0) is 12.4. The summed E-state index contributed by atoms with van der Waals surface area (Å²) in [6, 6.07) is 5.41. The lowest BCUT2D eigenvalue weighted by Gasteiger charge is -2.21. The first-order chi connectivity index (χ1) is 8.83. The standard InChI is InChI=1S/C14H16N2O2/c17-14(18-11-4-2-1-3-5-11)10-6-7-12-13(8-10)16-9-15-12/h6-9,11H,1-5H2,(H,15,16). The molecule has 1 fully saturated rings. The second kappa shape index (κ2) is 4.80. The first-order valence-electron chi connectivity index (χ1n) is 6.47. The molecular weight excluding hydrogens is 228 g/mol. The van der Waals surface area contributed by atoms with Crippen molar-refractivity contribution in [3.63, 3.8) is 0 Å². The summed E-state index contributed by atoms with van der Waals surface area (Å²) in [7, 11) is 0. The summed E-state index contributed by atoms with van der Waals surface area (Å²) >= 11 is 0. The third kappa shape index (κ3) is 2.23. The van der Waals surface area contributed by atoms with Crippen molar-refractivity contribution in [3.8, 4) is 0 Å². The van der Waals surface area contributed by atoms with Gasteiger partial charge < -0.3 is 9.72 Å². The molecule has 4 heteroatoms. The van der Waals surface area contributed by atoms with Gasteiger partial charge in [0.05, 0.1) is 22.9 Å². The lowest BCUT2D eigenvalue weighted by Crippen LogP contribution is -2.20. The van der Waals surface area contributed by atoms with Crippen molar-refractivity contribution in [1.29, 1.82) is 0 Å². The van der Waals surface area contributed by atoms with Crippen LogP contribution in [0.5, 0.6) is 0 Å². The molecule has 0 spiro atoms. The highest BCUT2D eigenvalue weighted by Crippen LogP contribution is 2.22. The minimum absolute atomic E-state index is 0.101. The monoisotopic (exact) mass is 244 g/mol. The molecule has 1 aromatic heterocycles. The summed E-state index contributed by atoms with van der Waals surface area (Å²) < 4.78 is 5.53. The van der Waals surface area contributed by atoms with Gasteiger partial charge in [0.15, 0.2) is 0 Å². The molecule has 0 atom stereocenters. The van der Waals surface area contributed by atoms with Crippen molar-refractivity contribution >= 4 is 17.0 Å². The van der Waals surface area contributed by atoms with Crippen LogP contribution in [-0.4, -0.2) is 22.0 Å². The van der Waals surface area contributed by atoms with E-state index in [1.165, 1.54) is 6.42 Å². The predicted molar refractivity (Wildman–Crippen MR) is 68.4 cm³/mol. The van der Waals surface area contributed by atoms with Crippen molar-refractivity contribution < 1.29 is 9.53 Å². The molecule has 0 radical (unpaired) electrons. The number of benzene rings is 1. The molecule has 1 aliphatic carbocycles. The molecule has 18 heavy (non-hydrogen) atoms. The van der Waals surface area contributed by atoms with Gasteiger partial charge in [-0.2, -0.15) is 0 Å². The Morgan fingerprint density at radius 1 is 1.28 bits per heavy atom. The normalized spacial score (nSPS) is 16.9. The third-order valence-electron chi connectivity index (χ3n) is 3.48. The van der Waals surface area contributed by atoms with E-state index in [1.807, 2.05) is 6.07 Å². The molecule has 1 heterocycles. The number of fused-ring (bicyclic) bond motifs is 1. The summed E-state index contributed by atoms with van der Waals surface area (Å²) in [4.78, 5) is 19.1. The zero-order valence-corrected chi connectivity index (χ0v) is 10.2. The molecule has 1 N–H and O–H groups in total. The Hall–Kier alpha value is -1.84. The number of aromatic amines is 1. The molecular formula is C14H16N2O2. The van der Waals surface area contributed by atoms with Gasteiger partial charge in [-0.1, -0.05) is 6.42 Å². The maximum atomic E-state index is 12.0. The first-order valence-corrected chi connectivity index (χ1v) is 6.47. The number of ether oxygens (including phenoxy) is 1. The lowest BCUT2D eigenvalue weighted by atomic mass is 9.98. The van der Waals surface area contributed by atoms with Gasteiger partial charge in [0.2, 0.25) is 0 Å². The Balaban J connectivity index is 1.74. The van der Waals surface area contributed by atoms with Crippen LogP contribution in [0, 0.1) is 0 Å². The maximum Gasteiger partial charge on any atom is 0.338 e. The molecule has 0 bridgehead atoms. The highest BCUT2D eigenvalue weighted by Gasteiger charge is 2.18. The Labute approximate surface area is 105 Å². The Bertz CT molecular complexity index is 556. The number of hydrogen-bond acceptors (Lipinski definition) is 3. The SMILES string of the molecule is O=C(OC1CCCCC1)c1ccc2nc[nH]c2c1. The number of H-pyrrole nitrogens is 1. The van der Waals surface area contributed by atoms with Crippen LogP contribution in [0.15, 0.2) is 24.5 Å². The molecule has 1 saturated carbocycles. The molecule has 0 amide bonds. The Morgan fingerprint density at radius 3 is 2.94 bits per heavy atom. The van der Waals surface area contributed by atoms with Crippen molar-refractivity contribution in [2.45, 2.75) is 38.2 Å². The number of esters is 1. The van der Waals surface area contributed by atoms with E-state index >= 15 is 0 Å². The van der Waals surface area contributed by atoms with Crippen LogP contribution in [0.25, 0.3) is 11.0 Å². The van der Waals surface area contributed by atoms with Gasteiger partial charge in [-0.15, -0.1) is 0 Å². The number of nitrogens with one attached hydrogen (secondary N) is 1. The van der Waals surface area contributed by atoms with Crippen LogP contribution in [0.2, 0.25) is 0 Å². The number of carbonyl (C=O) groups excluding carboxylic acids is 1. The summed E-state index contributed by atoms with van der Waals surface area (Å²) in [5, 5.41) is 0. The van der Waals surface area contributed by atoms with Crippen LogP contribution in [0.1, 0.15) is 42.5 Å². The highest BCUT2D eigenvalue weighted by molar-refractivity contribution is 5.93. The first kappa shape index (κ1) is 11.3. The number of imidazole rings is 1. The van der Waals surface area contributed by atoms with Crippen LogP contribution >= 0.6 is 0 Å². The fourth-order valence-corrected chi connectivity index (χ4v) is 2.46. The molecule has 0 unspecified atom stereocenters. The van der Waals surface area contributed by atoms with Gasteiger partial charge in [0.25, 0.3) is 0 Å². The highest BCUT2D eigenvalue weighted by atomic mass is 16.5. The average Bonchev–Trinajstić information content (AvgIpc) is 2.87. The van der Waals surface area contributed by atoms with E-state index in [1.54, 1.807) is 18.5 Å². The quantitative estimate of drug-likeness (QED) is 0.826. The number of hydrogen-bond donors (Lipinski definition) is 1. The van der Waals surface area contributed by atoms with Gasteiger partial charge in [-0.25, -0.2) is 9.78 Å². The minimum Gasteiger partial charge on any atom is -0.459 e. The lowest BCUT2D eigenvalue weighted by molar-refractivity contribution is 0.0211. The Kier molecular flexibility index (Phi) is 3.00. The number of rotatable bonds is 2. The summed E-state index contributed by atoms with van der Waals surface area (Å²) in [6.07, 6.45) is 7.31. The van der Waals surface area contributed by atoms with E-state index in [9.17, 15) is 4.79 Å². The van der Waals surface area contributed by atoms with Gasteiger partial charge >= 0.3 is 5.97 Å². The van der Waals surface area contributed by atoms with Gasteiger partial charge in [-0.3, -0.25) is 0 Å². The van der Waals surface area contributed by atoms with E-state index in [-0.39, 0.29) is 12.1 Å². The molecule has 1 aromatic carbocycles. The third-order valence-corrected chi connectivity index (χ3v) is 3.48. The molecule has 0 aliphatic heterocycles. The smallest absolute Gasteiger partial charge is 0.338 e. The summed E-state index contributed by atoms with van der Waals surface area (Å²) in [6.45, 7) is 0. The molecule has 94 valence electrons. The minimum atomic E-state index is -0.224. The van der Waals surface area contributed by atoms with E-state index < -0.39 is 0 Å². The Morgan fingerprint density at radius 2 is 2.11 bits per heavy atom. The van der Waals surface area contributed by atoms with Crippen LogP contribution in [0.4, 0.5) is 0 Å². The maximum absolute atomic E-state index is 12.0. The van der Waals surface area contributed by atoms with E-state index in [2.05, 4.69) is 9.97 Å². The van der Waals surface area contributed by atoms with E-state index in [0.717, 1.165) is 36.7 Å². The fraction of sp³-hybridized carbons (Fsp3) is 0.429. The predicted octanol–water partition coefficient (Wildman–Crippen LogP) is 3.05. The molecule has 3 rings (SSSR count). The van der Waals surface area contributed by atoms with E-state index in [4.69, 9.17) is 4.74 Å². The van der Waals surface area contributed by atoms with Crippen molar-refractivity contribution in [3.05, 3.63) is 30.1 Å². The molecule has 4 nitrogen and oxygen atoms in total. The van der Waals surface area contributed by atoms with Gasteiger partial charge in [0.1, 0.15) is 6.10 Å². The van der Waals surface area contributed by atoms with Gasteiger partial charge in [-0.05, 0) is 43.9 Å². The van der Waals surface area contributed by atoms with Crippen molar-refractivity contribution in [1.82, 2.24) is 9.97 Å². The molecule has 1 aliphatic rings. The van der Waals surface area contributed by atoms with Crippen LogP contribution in [0.3, 0.4) is 0 Å². The topological polar surface area (TPSA) is 55.0 Å². The molecule has 0 saturated heterocycles. The largest absolute Gasteiger partial charge is 0.459 e. The van der Waals surface area contributed by atoms with Gasteiger partial charge in [0, 0.05) is 0 Å². The zero-order valence-electron chi connectivity index (χ0n) is 10.2. The number of aromatic nitrogens is 2. The van der Waals surface area contributed by atoms with Crippen LogP contribution < -0.4 is 0 Å².